The lowest BCUT2D eigenvalue weighted by Crippen LogP contribution is -2.70. The van der Waals surface area contributed by atoms with Gasteiger partial charge in [-0.2, -0.15) is 0 Å². The first-order valence-corrected chi connectivity index (χ1v) is 31.3. The van der Waals surface area contributed by atoms with E-state index in [2.05, 4.69) is 53.2 Å². The number of amides is 12. The number of nitrogens with zero attached hydrogens (tertiary/aromatic N) is 1. The van der Waals surface area contributed by atoms with E-state index in [0.29, 0.717) is 0 Å². The smallest absolute Gasteiger partial charge is 0.303 e. The third kappa shape index (κ3) is 23.6. The molecule has 0 aliphatic carbocycles. The Labute approximate surface area is 556 Å². The van der Waals surface area contributed by atoms with Crippen molar-refractivity contribution in [2.24, 2.45) is 11.7 Å². The van der Waals surface area contributed by atoms with Gasteiger partial charge in [0.05, 0.1) is 45.1 Å². The summed E-state index contributed by atoms with van der Waals surface area (Å²) in [6.45, 7) is 6.38. The average molecular weight is 1400 g/mol. The molecule has 4 rings (SSSR count). The number of carbonyl (C=O) groups is 13. The topological polar surface area (TPSA) is 609 Å². The molecule has 40 heteroatoms. The number of ether oxygens (including phenoxy) is 6. The minimum Gasteiger partial charge on any atom is -0.481 e. The predicted molar refractivity (Wildman–Crippen MR) is 323 cm³/mol. The lowest BCUT2D eigenvalue weighted by molar-refractivity contribution is -0.332. The standard InChI is InChI=1S/C57H94N12O28/c1-21(2)15-30(66-50(87)29(62-25(6)73)12-13-37(79)80)51(88)61-22(3)49(86)67-39(24(5)92-55-40(63-26(7)74)46(84)43(81)32(18-70)94-55)54(91)68-38(53(90)60-17-36(78)69-14-10-11-31(69)52(89)59-16-35(58)77)23(4)93-57-42(65-28(9)76)48(45(83)34(20-72)96-57)97-56-41(64-27(8)75)47(85)44(82)33(19-71)95-56/h21-24,29-34,38-48,55-57,70-72,81-85H,10-20H2,1-9H3,(H2,58,77)(H,59,89)(H,60,90)(H,61,88)(H,62,73)(H,63,74)(H,64,75)(H,65,76)(H,66,87)(H,67,86)(H,68,91)(H,79,80)/t22-,23+,24+,29-,30-,31-,32+,33+,34+,38-,39-,40+,41+,42+,43-,44-,45-,46+,47+,48+,55-,56+,57-/m0/s1. The molecule has 4 saturated heterocycles. The number of rotatable bonds is 34. The van der Waals surface area contributed by atoms with Crippen molar-refractivity contribution in [1.29, 1.82) is 0 Å². The molecule has 4 heterocycles. The molecule has 0 aromatic heterocycles. The van der Waals surface area contributed by atoms with E-state index in [4.69, 9.17) is 34.2 Å². The van der Waals surface area contributed by atoms with E-state index in [1.54, 1.807) is 13.8 Å². The maximum Gasteiger partial charge on any atom is 0.303 e. The number of nitrogens with two attached hydrogens (primary N) is 1. The Morgan fingerprint density at radius 1 is 0.536 bits per heavy atom. The fourth-order valence-electron chi connectivity index (χ4n) is 11.1. The molecule has 4 aliphatic heterocycles. The van der Waals surface area contributed by atoms with Gasteiger partial charge in [0, 0.05) is 40.7 Å². The second-order valence-electron chi connectivity index (χ2n) is 24.3. The van der Waals surface area contributed by atoms with Crippen LogP contribution in [-0.2, 0) is 90.8 Å². The van der Waals surface area contributed by atoms with E-state index in [1.165, 1.54) is 0 Å². The second-order valence-corrected chi connectivity index (χ2v) is 24.3. The van der Waals surface area contributed by atoms with Gasteiger partial charge in [-0.15, -0.1) is 0 Å². The van der Waals surface area contributed by atoms with Crippen LogP contribution in [0.4, 0.5) is 0 Å². The number of primary amides is 1. The van der Waals surface area contributed by atoms with E-state index >= 15 is 4.79 Å². The summed E-state index contributed by atoms with van der Waals surface area (Å²) < 4.78 is 36.0. The Hall–Kier alpha value is -7.45. The molecule has 23 atom stereocenters. The molecule has 0 saturated carbocycles. The maximum absolute atomic E-state index is 15.3. The van der Waals surface area contributed by atoms with Crippen molar-refractivity contribution in [3.63, 3.8) is 0 Å². The number of hydrogen-bond donors (Lipinski definition) is 20. The maximum atomic E-state index is 15.3. The normalized spacial score (nSPS) is 29.3. The van der Waals surface area contributed by atoms with Crippen molar-refractivity contribution in [1.82, 2.24) is 58.1 Å². The highest BCUT2D eigenvalue weighted by Crippen LogP contribution is 2.32. The number of likely N-dealkylation sites (tertiary alicyclic amines) is 1. The second kappa shape index (κ2) is 38.1. The number of aliphatic carboxylic acids is 1. The van der Waals surface area contributed by atoms with Gasteiger partial charge in [-0.25, -0.2) is 0 Å². The molecular formula is C57H94N12O28. The van der Waals surface area contributed by atoms with Crippen molar-refractivity contribution < 1.29 is 137 Å². The quantitative estimate of drug-likeness (QED) is 0.0284. The van der Waals surface area contributed by atoms with Crippen LogP contribution in [0.25, 0.3) is 0 Å². The van der Waals surface area contributed by atoms with Crippen LogP contribution in [0.15, 0.2) is 0 Å². The van der Waals surface area contributed by atoms with E-state index in [1.807, 2.05) is 0 Å². The van der Waals surface area contributed by atoms with Crippen molar-refractivity contribution in [3.8, 4) is 0 Å². The molecular weight excluding hydrogens is 1300 g/mol. The van der Waals surface area contributed by atoms with Crippen LogP contribution >= 0.6 is 0 Å². The minimum absolute atomic E-state index is 0.0211. The summed E-state index contributed by atoms with van der Waals surface area (Å²) in [5, 5.41) is 119. The Bertz CT molecular complexity index is 2770. The lowest BCUT2D eigenvalue weighted by Gasteiger charge is -2.48. The number of carbonyl (C=O) groups excluding carboxylic acids is 12. The van der Waals surface area contributed by atoms with Crippen molar-refractivity contribution >= 4 is 76.9 Å². The molecule has 4 aliphatic rings. The Morgan fingerprint density at radius 2 is 1.01 bits per heavy atom. The number of hydrogen-bond acceptors (Lipinski definition) is 27. The van der Waals surface area contributed by atoms with Gasteiger partial charge in [0.1, 0.15) is 109 Å². The zero-order valence-electron chi connectivity index (χ0n) is 54.9. The Kier molecular flexibility index (Phi) is 32.2. The molecule has 0 aromatic rings. The van der Waals surface area contributed by atoms with Crippen LogP contribution in [0.2, 0.25) is 0 Å². The van der Waals surface area contributed by atoms with Crippen molar-refractivity contribution in [2.45, 2.75) is 235 Å². The van der Waals surface area contributed by atoms with Crippen molar-refractivity contribution in [2.75, 3.05) is 39.5 Å². The van der Waals surface area contributed by atoms with E-state index in [-0.39, 0.29) is 38.1 Å². The van der Waals surface area contributed by atoms with E-state index in [9.17, 15) is 103 Å². The molecule has 40 nitrogen and oxygen atoms in total. The predicted octanol–water partition coefficient (Wildman–Crippen LogP) is -11.3. The van der Waals surface area contributed by atoms with Gasteiger partial charge >= 0.3 is 5.97 Å². The van der Waals surface area contributed by atoms with Crippen molar-refractivity contribution in [3.05, 3.63) is 0 Å². The average Bonchev–Trinajstić information content (AvgIpc) is 1.18. The van der Waals surface area contributed by atoms with Crippen LogP contribution in [0.1, 0.15) is 94.4 Å². The van der Waals surface area contributed by atoms with Gasteiger partial charge in [0.2, 0.25) is 70.9 Å². The van der Waals surface area contributed by atoms with Crippen LogP contribution < -0.4 is 58.9 Å². The summed E-state index contributed by atoms with van der Waals surface area (Å²) in [6, 6.07) is -15.2. The largest absolute Gasteiger partial charge is 0.481 e. The van der Waals surface area contributed by atoms with E-state index < -0.39 is 257 Å². The summed E-state index contributed by atoms with van der Waals surface area (Å²) in [5.74, 6) is -13.3. The number of aliphatic hydroxyl groups is 8. The van der Waals surface area contributed by atoms with Crippen LogP contribution in [0.5, 0.6) is 0 Å². The zero-order chi connectivity index (χ0) is 73.0. The molecule has 4 fully saturated rings. The fraction of sp³-hybridized carbons (Fsp3) is 0.772. The first kappa shape index (κ1) is 82.0. The van der Waals surface area contributed by atoms with Gasteiger partial charge in [-0.1, -0.05) is 13.8 Å². The first-order valence-electron chi connectivity index (χ1n) is 31.3. The summed E-state index contributed by atoms with van der Waals surface area (Å²) >= 11 is 0. The van der Waals surface area contributed by atoms with Gasteiger partial charge in [0.15, 0.2) is 18.9 Å². The lowest BCUT2D eigenvalue weighted by atomic mass is 9.94. The Morgan fingerprint density at radius 3 is 1.51 bits per heavy atom. The molecule has 21 N–H and O–H groups in total. The third-order valence-corrected chi connectivity index (χ3v) is 16.0. The molecule has 0 aromatic carbocycles. The minimum atomic E-state index is -2.17. The van der Waals surface area contributed by atoms with Gasteiger partial charge in [-0.05, 0) is 52.4 Å². The van der Waals surface area contributed by atoms with Crippen LogP contribution in [0.3, 0.4) is 0 Å². The summed E-state index contributed by atoms with van der Waals surface area (Å²) in [6.07, 6.45) is -26.5. The van der Waals surface area contributed by atoms with Gasteiger partial charge < -0.3 is 138 Å². The molecule has 0 radical (unpaired) electrons. The third-order valence-electron chi connectivity index (χ3n) is 16.0. The van der Waals surface area contributed by atoms with Crippen LogP contribution in [-0.4, -0.2) is 308 Å². The first-order chi connectivity index (χ1) is 45.4. The molecule has 97 heavy (non-hydrogen) atoms. The van der Waals surface area contributed by atoms with Crippen LogP contribution in [0, 0.1) is 5.92 Å². The molecule has 0 unspecified atom stereocenters. The van der Waals surface area contributed by atoms with Gasteiger partial charge in [0.25, 0.3) is 0 Å². The number of nitrogens with one attached hydrogen (secondary N) is 10. The monoisotopic (exact) mass is 1390 g/mol. The zero-order valence-corrected chi connectivity index (χ0v) is 54.9. The number of carboxylic acids is 1. The fourth-order valence-corrected chi connectivity index (χ4v) is 11.1. The molecule has 12 amide bonds. The number of aliphatic hydroxyl groups excluding tert-OH is 8. The highest BCUT2D eigenvalue weighted by Gasteiger charge is 2.54. The Balaban J connectivity index is 1.84. The molecule has 0 bridgehead atoms. The highest BCUT2D eigenvalue weighted by molar-refractivity contribution is 5.97. The van der Waals surface area contributed by atoms with Gasteiger partial charge in [-0.3, -0.25) is 62.3 Å². The summed E-state index contributed by atoms with van der Waals surface area (Å²) in [4.78, 5) is 173. The molecule has 550 valence electrons. The molecule has 0 spiro atoms. The highest BCUT2D eigenvalue weighted by atomic mass is 16.7. The summed E-state index contributed by atoms with van der Waals surface area (Å²) in [7, 11) is 0. The SMILES string of the molecule is CC(=O)N[C@H]1[C@@H](O[C@H]2[C@@H](O)[C@@H](CO)O[C@H](O[C@H](C)[C@H](NC(=O)[C@@H](NC(=O)[C@H](C)NC(=O)[C@H](CC(C)C)NC(=O)[C@H](CCC(=O)O)NC(C)=O)[C@@H](C)O[C@H]3O[C@H](CO)[C@H](O)[C@H](O)[C@H]3NC(C)=O)C(=O)NCC(=O)N3CCC[C@H]3C(=O)NCC(N)=O)[C@@H]2NC(C)=O)O[C@H](CO)[C@H](O)[C@@H]1O. The van der Waals surface area contributed by atoms with E-state index in [0.717, 1.165) is 53.4 Å². The number of carboxylic acid groups (broad SMARTS) is 1. The summed E-state index contributed by atoms with van der Waals surface area (Å²) in [5.41, 5.74) is 5.19.